The smallest absolute Gasteiger partial charge is 0.233 e. The molecule has 1 heterocycles. The molecule has 0 amide bonds. The van der Waals surface area contributed by atoms with E-state index in [0.717, 1.165) is 15.1 Å². The number of aromatic hydroxyl groups is 1. The van der Waals surface area contributed by atoms with Crippen molar-refractivity contribution in [2.75, 3.05) is 11.9 Å². The van der Waals surface area contributed by atoms with E-state index in [0.29, 0.717) is 16.6 Å². The number of phenols is 1. The quantitative estimate of drug-likeness (QED) is 0.520. The van der Waals surface area contributed by atoms with Gasteiger partial charge in [-0.1, -0.05) is 24.5 Å². The highest BCUT2D eigenvalue weighted by atomic mass is 32.2. The Morgan fingerprint density at radius 2 is 2.14 bits per heavy atom. The first-order valence-electron chi connectivity index (χ1n) is 8.51. The SMILES string of the molecule is C=CS(=O)(=O)NCc1ccc(NCC#Cc2cc(O)c3nc(C)sc3c2)c(F)c1. The molecule has 0 aliphatic carbocycles. The summed E-state index contributed by atoms with van der Waals surface area (Å²) in [6, 6.07) is 7.79. The van der Waals surface area contributed by atoms with Crippen LogP contribution in [0.3, 0.4) is 0 Å². The monoisotopic (exact) mass is 431 g/mol. The number of hydrogen-bond acceptors (Lipinski definition) is 6. The molecule has 0 aliphatic heterocycles. The molecule has 0 bridgehead atoms. The van der Waals surface area contributed by atoms with E-state index in [1.165, 1.54) is 23.5 Å². The van der Waals surface area contributed by atoms with Crippen molar-refractivity contribution in [1.82, 2.24) is 9.71 Å². The van der Waals surface area contributed by atoms with Crippen LogP contribution in [-0.4, -0.2) is 25.1 Å². The van der Waals surface area contributed by atoms with Crippen LogP contribution in [0.15, 0.2) is 42.3 Å². The van der Waals surface area contributed by atoms with Crippen molar-refractivity contribution in [3.8, 4) is 17.6 Å². The van der Waals surface area contributed by atoms with E-state index in [1.54, 1.807) is 12.1 Å². The molecule has 2 aromatic carbocycles. The molecule has 0 radical (unpaired) electrons. The van der Waals surface area contributed by atoms with Crippen LogP contribution in [-0.2, 0) is 16.6 Å². The lowest BCUT2D eigenvalue weighted by Gasteiger charge is -2.07. The standard InChI is InChI=1S/C20H18FN3O3S2/c1-3-29(26,27)23-12-15-6-7-17(16(21)9-15)22-8-4-5-14-10-18(25)20-19(11-14)28-13(2)24-20/h3,6-7,9-11,22-23,25H,1,8,12H2,2H3. The normalized spacial score (nSPS) is 11.1. The van der Waals surface area contributed by atoms with Crippen LogP contribution in [0.1, 0.15) is 16.1 Å². The van der Waals surface area contributed by atoms with Gasteiger partial charge in [-0.25, -0.2) is 22.5 Å². The van der Waals surface area contributed by atoms with Gasteiger partial charge in [-0.3, -0.25) is 0 Å². The molecule has 9 heteroatoms. The molecule has 150 valence electrons. The third-order valence-electron chi connectivity index (χ3n) is 3.91. The summed E-state index contributed by atoms with van der Waals surface area (Å²) in [5.74, 6) is 5.38. The average molecular weight is 432 g/mol. The highest BCUT2D eigenvalue weighted by Gasteiger charge is 2.08. The molecule has 0 fully saturated rings. The van der Waals surface area contributed by atoms with Gasteiger partial charge in [-0.2, -0.15) is 0 Å². The first-order chi connectivity index (χ1) is 13.8. The molecule has 3 N–H and O–H groups in total. The van der Waals surface area contributed by atoms with E-state index >= 15 is 0 Å². The third kappa shape index (κ3) is 5.32. The van der Waals surface area contributed by atoms with Gasteiger partial charge < -0.3 is 10.4 Å². The summed E-state index contributed by atoms with van der Waals surface area (Å²) in [7, 11) is -3.56. The molecule has 0 unspecified atom stereocenters. The van der Waals surface area contributed by atoms with Crippen LogP contribution in [0.5, 0.6) is 5.75 Å². The predicted octanol–water partition coefficient (Wildman–Crippen LogP) is 3.48. The number of benzene rings is 2. The van der Waals surface area contributed by atoms with Crippen LogP contribution >= 0.6 is 11.3 Å². The van der Waals surface area contributed by atoms with E-state index in [-0.39, 0.29) is 24.5 Å². The molecule has 0 spiro atoms. The highest BCUT2D eigenvalue weighted by Crippen LogP contribution is 2.30. The van der Waals surface area contributed by atoms with Crippen molar-refractivity contribution in [1.29, 1.82) is 0 Å². The minimum Gasteiger partial charge on any atom is -0.506 e. The van der Waals surface area contributed by atoms with Crippen molar-refractivity contribution in [2.24, 2.45) is 0 Å². The zero-order valence-electron chi connectivity index (χ0n) is 15.5. The van der Waals surface area contributed by atoms with Crippen molar-refractivity contribution < 1.29 is 17.9 Å². The van der Waals surface area contributed by atoms with E-state index < -0.39 is 15.8 Å². The Kier molecular flexibility index (Phi) is 6.17. The molecule has 6 nitrogen and oxygen atoms in total. The molecular weight excluding hydrogens is 413 g/mol. The lowest BCUT2D eigenvalue weighted by Crippen LogP contribution is -2.20. The van der Waals surface area contributed by atoms with Gasteiger partial charge in [0.1, 0.15) is 17.1 Å². The first-order valence-corrected chi connectivity index (χ1v) is 10.9. The highest BCUT2D eigenvalue weighted by molar-refractivity contribution is 7.92. The summed E-state index contributed by atoms with van der Waals surface area (Å²) in [5.41, 5.74) is 1.94. The molecule has 1 aromatic heterocycles. The molecule has 0 saturated heterocycles. The summed E-state index contributed by atoms with van der Waals surface area (Å²) < 4.78 is 40.0. The predicted molar refractivity (Wildman–Crippen MR) is 114 cm³/mol. The van der Waals surface area contributed by atoms with Crippen LogP contribution in [0, 0.1) is 24.6 Å². The number of rotatable bonds is 6. The second-order valence-electron chi connectivity index (χ2n) is 6.08. The number of anilines is 1. The average Bonchev–Trinajstić information content (AvgIpc) is 3.06. The van der Waals surface area contributed by atoms with E-state index in [1.807, 2.05) is 13.0 Å². The number of thiazole rings is 1. The molecule has 3 rings (SSSR count). The Bertz CT molecular complexity index is 1240. The molecule has 3 aromatic rings. The minimum absolute atomic E-state index is 0.0334. The number of aromatic nitrogens is 1. The topological polar surface area (TPSA) is 91.3 Å². The molecule has 0 saturated carbocycles. The number of nitrogens with one attached hydrogen (secondary N) is 2. The Balaban J connectivity index is 1.63. The van der Waals surface area contributed by atoms with Gasteiger partial charge >= 0.3 is 0 Å². The van der Waals surface area contributed by atoms with E-state index in [9.17, 15) is 17.9 Å². The van der Waals surface area contributed by atoms with Gasteiger partial charge in [0, 0.05) is 17.5 Å². The number of aryl methyl sites for hydroxylation is 1. The molecule has 0 atom stereocenters. The number of hydrogen-bond donors (Lipinski definition) is 3. The summed E-state index contributed by atoms with van der Waals surface area (Å²) in [4.78, 5) is 4.26. The maximum Gasteiger partial charge on any atom is 0.233 e. The molecule has 29 heavy (non-hydrogen) atoms. The Morgan fingerprint density at radius 1 is 1.34 bits per heavy atom. The van der Waals surface area contributed by atoms with Gasteiger partial charge in [-0.05, 0) is 36.8 Å². The maximum absolute atomic E-state index is 14.2. The van der Waals surface area contributed by atoms with Gasteiger partial charge in [0.2, 0.25) is 10.0 Å². The molecular formula is C20H18FN3O3S2. The van der Waals surface area contributed by atoms with Crippen molar-refractivity contribution in [3.63, 3.8) is 0 Å². The van der Waals surface area contributed by atoms with Crippen molar-refractivity contribution in [3.05, 3.63) is 64.3 Å². The minimum atomic E-state index is -3.56. The number of phenolic OH excluding ortho intramolecular Hbond substituents is 1. The number of nitrogens with zero attached hydrogens (tertiary/aromatic N) is 1. The van der Waals surface area contributed by atoms with E-state index in [4.69, 9.17) is 0 Å². The zero-order chi connectivity index (χ0) is 21.0. The van der Waals surface area contributed by atoms with Crippen LogP contribution in [0.4, 0.5) is 10.1 Å². The lowest BCUT2D eigenvalue weighted by molar-refractivity contribution is 0.480. The van der Waals surface area contributed by atoms with Crippen LogP contribution < -0.4 is 10.0 Å². The second-order valence-corrected chi connectivity index (χ2v) is 9.02. The fraction of sp³-hybridized carbons (Fsp3) is 0.150. The van der Waals surface area contributed by atoms with Gasteiger partial charge in [0.05, 0.1) is 21.9 Å². The summed E-state index contributed by atoms with van der Waals surface area (Å²) in [5, 5.41) is 14.6. The fourth-order valence-corrected chi connectivity index (χ4v) is 3.91. The summed E-state index contributed by atoms with van der Waals surface area (Å²) in [6.07, 6.45) is 0. The second kappa shape index (κ2) is 8.61. The zero-order valence-corrected chi connectivity index (χ0v) is 17.1. The first kappa shape index (κ1) is 20.8. The van der Waals surface area contributed by atoms with Crippen LogP contribution in [0.25, 0.3) is 10.2 Å². The van der Waals surface area contributed by atoms with Crippen LogP contribution in [0.2, 0.25) is 0 Å². The summed E-state index contributed by atoms with van der Waals surface area (Å²) in [6.45, 7) is 5.23. The molecule has 0 aliphatic rings. The van der Waals surface area contributed by atoms with E-state index in [2.05, 4.69) is 33.4 Å². The Hall–Kier alpha value is -2.93. The van der Waals surface area contributed by atoms with Crippen molar-refractivity contribution in [2.45, 2.75) is 13.5 Å². The maximum atomic E-state index is 14.2. The summed E-state index contributed by atoms with van der Waals surface area (Å²) >= 11 is 1.47. The number of fused-ring (bicyclic) bond motifs is 1. The fourth-order valence-electron chi connectivity index (χ4n) is 2.54. The third-order valence-corrected chi connectivity index (χ3v) is 5.82. The Labute approximate surface area is 172 Å². The van der Waals surface area contributed by atoms with Gasteiger partial charge in [-0.15, -0.1) is 11.3 Å². The largest absolute Gasteiger partial charge is 0.506 e. The van der Waals surface area contributed by atoms with Crippen molar-refractivity contribution >= 4 is 37.3 Å². The van der Waals surface area contributed by atoms with Gasteiger partial charge in [0.25, 0.3) is 0 Å². The number of halogens is 1. The number of sulfonamides is 1. The van der Waals surface area contributed by atoms with Gasteiger partial charge in [0.15, 0.2) is 0 Å². The lowest BCUT2D eigenvalue weighted by atomic mass is 10.2. The Morgan fingerprint density at radius 3 is 2.86 bits per heavy atom.